The van der Waals surface area contributed by atoms with Crippen molar-refractivity contribution < 1.29 is 9.47 Å². The first-order valence-electron chi connectivity index (χ1n) is 7.52. The summed E-state index contributed by atoms with van der Waals surface area (Å²) in [6, 6.07) is 7.74. The quantitative estimate of drug-likeness (QED) is 0.733. The number of hydrogen-bond donors (Lipinski definition) is 0. The first-order valence-corrected chi connectivity index (χ1v) is 7.52. The summed E-state index contributed by atoms with van der Waals surface area (Å²) in [7, 11) is 1.65. The Morgan fingerprint density at radius 3 is 2.61 bits per heavy atom. The van der Waals surface area contributed by atoms with Gasteiger partial charge in [0.15, 0.2) is 5.65 Å². The first kappa shape index (κ1) is 14.0. The van der Waals surface area contributed by atoms with Gasteiger partial charge in [-0.2, -0.15) is 5.10 Å². The zero-order valence-electron chi connectivity index (χ0n) is 12.8. The fourth-order valence-electron chi connectivity index (χ4n) is 2.77. The lowest BCUT2D eigenvalue weighted by molar-refractivity contribution is 0.122. The summed E-state index contributed by atoms with van der Waals surface area (Å²) in [6.07, 6.45) is 3.42. The van der Waals surface area contributed by atoms with Gasteiger partial charge in [0.2, 0.25) is 0 Å². The number of nitrogens with zero attached hydrogens (tertiary/aromatic N) is 5. The summed E-state index contributed by atoms with van der Waals surface area (Å²) in [4.78, 5) is 11.1. The Balaban J connectivity index is 1.77. The number of hydrogen-bond acceptors (Lipinski definition) is 6. The molecule has 1 saturated heterocycles. The van der Waals surface area contributed by atoms with Crippen molar-refractivity contribution in [1.82, 2.24) is 19.7 Å². The highest BCUT2D eigenvalue weighted by molar-refractivity contribution is 5.87. The number of anilines is 1. The number of rotatable bonds is 3. The van der Waals surface area contributed by atoms with Crippen LogP contribution >= 0.6 is 0 Å². The van der Waals surface area contributed by atoms with Gasteiger partial charge in [-0.25, -0.2) is 14.6 Å². The van der Waals surface area contributed by atoms with Gasteiger partial charge in [-0.1, -0.05) is 0 Å². The fraction of sp³-hybridized carbons (Fsp3) is 0.312. The number of ether oxygens (including phenoxy) is 2. The SMILES string of the molecule is COc1ccc(-n2ncc3c(N4CCOCC4)ncnc32)cc1. The molecular formula is C16H17N5O2. The average molecular weight is 311 g/mol. The number of benzene rings is 1. The molecule has 0 bridgehead atoms. The molecule has 23 heavy (non-hydrogen) atoms. The van der Waals surface area contributed by atoms with E-state index in [0.717, 1.165) is 54.6 Å². The lowest BCUT2D eigenvalue weighted by atomic mass is 10.3. The predicted molar refractivity (Wildman–Crippen MR) is 86.2 cm³/mol. The summed E-state index contributed by atoms with van der Waals surface area (Å²) < 4.78 is 12.4. The summed E-state index contributed by atoms with van der Waals surface area (Å²) in [5, 5.41) is 5.44. The minimum Gasteiger partial charge on any atom is -0.497 e. The van der Waals surface area contributed by atoms with Crippen molar-refractivity contribution in [2.24, 2.45) is 0 Å². The maximum Gasteiger partial charge on any atom is 0.168 e. The highest BCUT2D eigenvalue weighted by atomic mass is 16.5. The van der Waals surface area contributed by atoms with Crippen LogP contribution in [0.5, 0.6) is 5.75 Å². The van der Waals surface area contributed by atoms with Gasteiger partial charge < -0.3 is 14.4 Å². The Morgan fingerprint density at radius 1 is 1.09 bits per heavy atom. The molecule has 1 fully saturated rings. The molecule has 3 heterocycles. The van der Waals surface area contributed by atoms with E-state index in [4.69, 9.17) is 9.47 Å². The molecule has 3 aromatic rings. The van der Waals surface area contributed by atoms with Crippen LogP contribution in [0, 0.1) is 0 Å². The Hall–Kier alpha value is -2.67. The summed E-state index contributed by atoms with van der Waals surface area (Å²) in [5.41, 5.74) is 1.74. The lowest BCUT2D eigenvalue weighted by Gasteiger charge is -2.27. The molecule has 7 heteroatoms. The van der Waals surface area contributed by atoms with Crippen LogP contribution in [-0.2, 0) is 4.74 Å². The van der Waals surface area contributed by atoms with E-state index < -0.39 is 0 Å². The molecule has 1 aliphatic rings. The van der Waals surface area contributed by atoms with E-state index in [1.165, 1.54) is 0 Å². The third-order valence-electron chi connectivity index (χ3n) is 3.97. The molecule has 2 aromatic heterocycles. The molecular weight excluding hydrogens is 294 g/mol. The number of aromatic nitrogens is 4. The highest BCUT2D eigenvalue weighted by Crippen LogP contribution is 2.25. The molecule has 0 unspecified atom stereocenters. The Bertz CT molecular complexity index is 809. The first-order chi connectivity index (χ1) is 11.4. The second-order valence-corrected chi connectivity index (χ2v) is 5.29. The van der Waals surface area contributed by atoms with E-state index in [-0.39, 0.29) is 0 Å². The molecule has 0 spiro atoms. The monoisotopic (exact) mass is 311 g/mol. The molecule has 0 N–H and O–H groups in total. The van der Waals surface area contributed by atoms with Crippen LogP contribution in [0.4, 0.5) is 5.82 Å². The van der Waals surface area contributed by atoms with Crippen molar-refractivity contribution in [2.75, 3.05) is 38.3 Å². The van der Waals surface area contributed by atoms with Gasteiger partial charge in [0.25, 0.3) is 0 Å². The van der Waals surface area contributed by atoms with E-state index in [2.05, 4.69) is 20.0 Å². The lowest BCUT2D eigenvalue weighted by Crippen LogP contribution is -2.36. The van der Waals surface area contributed by atoms with Gasteiger partial charge >= 0.3 is 0 Å². The average Bonchev–Trinajstić information content (AvgIpc) is 3.06. The van der Waals surface area contributed by atoms with Crippen LogP contribution in [0.3, 0.4) is 0 Å². The molecule has 1 aliphatic heterocycles. The largest absolute Gasteiger partial charge is 0.497 e. The maximum atomic E-state index is 5.41. The van der Waals surface area contributed by atoms with Crippen molar-refractivity contribution in [3.05, 3.63) is 36.8 Å². The zero-order valence-corrected chi connectivity index (χ0v) is 12.8. The second-order valence-electron chi connectivity index (χ2n) is 5.29. The van der Waals surface area contributed by atoms with Gasteiger partial charge in [-0.3, -0.25) is 0 Å². The summed E-state index contributed by atoms with van der Waals surface area (Å²) in [6.45, 7) is 3.11. The number of methoxy groups -OCH3 is 1. The topological polar surface area (TPSA) is 65.3 Å². The molecule has 7 nitrogen and oxygen atoms in total. The molecule has 0 aliphatic carbocycles. The van der Waals surface area contributed by atoms with E-state index in [1.807, 2.05) is 35.1 Å². The van der Waals surface area contributed by atoms with Gasteiger partial charge in [0.1, 0.15) is 17.9 Å². The third-order valence-corrected chi connectivity index (χ3v) is 3.97. The van der Waals surface area contributed by atoms with Crippen LogP contribution in [0.1, 0.15) is 0 Å². The van der Waals surface area contributed by atoms with Crippen LogP contribution in [0.2, 0.25) is 0 Å². The predicted octanol–water partition coefficient (Wildman–Crippen LogP) is 1.66. The van der Waals surface area contributed by atoms with Crippen molar-refractivity contribution in [1.29, 1.82) is 0 Å². The van der Waals surface area contributed by atoms with Gasteiger partial charge in [0, 0.05) is 13.1 Å². The Kier molecular flexibility index (Phi) is 3.55. The van der Waals surface area contributed by atoms with E-state index >= 15 is 0 Å². The van der Waals surface area contributed by atoms with E-state index in [9.17, 15) is 0 Å². The molecule has 0 saturated carbocycles. The molecule has 4 rings (SSSR count). The van der Waals surface area contributed by atoms with Crippen molar-refractivity contribution in [2.45, 2.75) is 0 Å². The third kappa shape index (κ3) is 2.49. The number of fused-ring (bicyclic) bond motifs is 1. The van der Waals surface area contributed by atoms with Gasteiger partial charge in [0.05, 0.1) is 37.6 Å². The van der Waals surface area contributed by atoms with Gasteiger partial charge in [-0.05, 0) is 24.3 Å². The molecule has 0 amide bonds. The Labute approximate surface area is 133 Å². The molecule has 118 valence electrons. The normalized spacial score (nSPS) is 15.1. The maximum absolute atomic E-state index is 5.41. The fourth-order valence-corrected chi connectivity index (χ4v) is 2.77. The number of morpholine rings is 1. The minimum absolute atomic E-state index is 0.720. The molecule has 0 radical (unpaired) electrons. The molecule has 1 aromatic carbocycles. The zero-order chi connectivity index (χ0) is 15.6. The summed E-state index contributed by atoms with van der Waals surface area (Å²) in [5.74, 6) is 1.73. The van der Waals surface area contributed by atoms with Crippen LogP contribution in [-0.4, -0.2) is 53.2 Å². The van der Waals surface area contributed by atoms with Crippen molar-refractivity contribution in [3.63, 3.8) is 0 Å². The highest BCUT2D eigenvalue weighted by Gasteiger charge is 2.18. The Morgan fingerprint density at radius 2 is 1.87 bits per heavy atom. The second kappa shape index (κ2) is 5.85. The smallest absolute Gasteiger partial charge is 0.168 e. The van der Waals surface area contributed by atoms with E-state index in [0.29, 0.717) is 0 Å². The van der Waals surface area contributed by atoms with E-state index in [1.54, 1.807) is 13.4 Å². The minimum atomic E-state index is 0.720. The standard InChI is InChI=1S/C16H17N5O2/c1-22-13-4-2-12(3-5-13)21-16-14(10-19-21)15(17-11-18-16)20-6-8-23-9-7-20/h2-5,10-11H,6-9H2,1H3. The van der Waals surface area contributed by atoms with Gasteiger partial charge in [-0.15, -0.1) is 0 Å². The van der Waals surface area contributed by atoms with Crippen molar-refractivity contribution in [3.8, 4) is 11.4 Å². The summed E-state index contributed by atoms with van der Waals surface area (Å²) >= 11 is 0. The van der Waals surface area contributed by atoms with Crippen LogP contribution in [0.15, 0.2) is 36.8 Å². The van der Waals surface area contributed by atoms with Crippen LogP contribution < -0.4 is 9.64 Å². The van der Waals surface area contributed by atoms with Crippen LogP contribution in [0.25, 0.3) is 16.7 Å². The molecule has 0 atom stereocenters. The van der Waals surface area contributed by atoms with Crippen molar-refractivity contribution >= 4 is 16.9 Å².